The fourth-order valence-corrected chi connectivity index (χ4v) is 2.59. The molecule has 0 aliphatic heterocycles. The van der Waals surface area contributed by atoms with Crippen LogP contribution in [0.2, 0.25) is 0 Å². The van der Waals surface area contributed by atoms with Crippen LogP contribution in [-0.2, 0) is 9.59 Å². The summed E-state index contributed by atoms with van der Waals surface area (Å²) in [5, 5.41) is 11.5. The molecule has 1 aliphatic rings. The summed E-state index contributed by atoms with van der Waals surface area (Å²) in [6.07, 6.45) is 8.02. The Morgan fingerprint density at radius 2 is 2.05 bits per heavy atom. The Hall–Kier alpha value is -1.20. The maximum absolute atomic E-state index is 10.7. The molecule has 4 N–H and O–H groups in total. The van der Waals surface area contributed by atoms with E-state index >= 15 is 0 Å². The van der Waals surface area contributed by atoms with Gasteiger partial charge in [0.15, 0.2) is 0 Å². The summed E-state index contributed by atoms with van der Waals surface area (Å²) in [5.41, 5.74) is 6.67. The first kappa shape index (κ1) is 17.9. The minimum absolute atomic E-state index is 0.211. The molecular weight excluding hydrogens is 268 g/mol. The van der Waals surface area contributed by atoms with E-state index in [1.165, 1.54) is 12.8 Å². The molecule has 0 amide bonds. The van der Waals surface area contributed by atoms with Gasteiger partial charge in [-0.2, -0.15) is 0 Å². The first-order valence-electron chi connectivity index (χ1n) is 7.53. The molecule has 0 bridgehead atoms. The largest absolute Gasteiger partial charge is 0.481 e. The Morgan fingerprint density at radius 3 is 2.48 bits per heavy atom. The van der Waals surface area contributed by atoms with E-state index in [1.807, 2.05) is 6.08 Å². The van der Waals surface area contributed by atoms with Gasteiger partial charge in [-0.25, -0.2) is 0 Å². The highest BCUT2D eigenvalue weighted by Gasteiger charge is 2.50. The predicted octanol–water partition coefficient (Wildman–Crippen LogP) is 1.72. The number of carbonyl (C=O) groups excluding carboxylic acids is 1. The number of rotatable bonds is 9. The van der Waals surface area contributed by atoms with E-state index in [1.54, 1.807) is 0 Å². The minimum Gasteiger partial charge on any atom is -0.481 e. The molecule has 2 atom stereocenters. The molecule has 1 aliphatic carbocycles. The Labute approximate surface area is 127 Å². The van der Waals surface area contributed by atoms with Crippen LogP contribution in [0.5, 0.6) is 0 Å². The van der Waals surface area contributed by atoms with Gasteiger partial charge in [0.25, 0.3) is 0 Å². The van der Waals surface area contributed by atoms with Gasteiger partial charge in [-0.1, -0.05) is 32.9 Å². The molecule has 21 heavy (non-hydrogen) atoms. The Bertz CT molecular complexity index is 395. The van der Waals surface area contributed by atoms with Gasteiger partial charge < -0.3 is 21.0 Å². The van der Waals surface area contributed by atoms with E-state index < -0.39 is 12.0 Å². The van der Waals surface area contributed by atoms with Gasteiger partial charge in [0, 0.05) is 12.6 Å². The van der Waals surface area contributed by atoms with Crippen LogP contribution in [0.1, 0.15) is 46.5 Å². The first-order valence-corrected chi connectivity index (χ1v) is 7.53. The third kappa shape index (κ3) is 5.59. The highest BCUT2D eigenvalue weighted by atomic mass is 16.4. The molecule has 0 saturated heterocycles. The van der Waals surface area contributed by atoms with Crippen molar-refractivity contribution >= 4 is 12.3 Å². The molecule has 0 aromatic heterocycles. The molecule has 120 valence electrons. The summed E-state index contributed by atoms with van der Waals surface area (Å²) >= 11 is 0. The van der Waals surface area contributed by atoms with Crippen molar-refractivity contribution in [1.82, 2.24) is 5.32 Å². The fourth-order valence-electron chi connectivity index (χ4n) is 2.59. The van der Waals surface area contributed by atoms with Gasteiger partial charge in [-0.15, -0.1) is 0 Å². The van der Waals surface area contributed by atoms with Gasteiger partial charge in [0.2, 0.25) is 0 Å². The molecule has 1 fully saturated rings. The number of nitrogens with two attached hydrogens (primary N) is 1. The quantitative estimate of drug-likeness (QED) is 0.445. The van der Waals surface area contributed by atoms with Gasteiger partial charge in [0.05, 0.1) is 12.5 Å². The van der Waals surface area contributed by atoms with Crippen LogP contribution in [0, 0.1) is 10.8 Å². The molecule has 1 unspecified atom stereocenters. The zero-order chi connectivity index (χ0) is 16.1. The number of aliphatic carboxylic acids is 1. The van der Waals surface area contributed by atoms with Gasteiger partial charge >= 0.3 is 5.97 Å². The Morgan fingerprint density at radius 1 is 1.43 bits per heavy atom. The Kier molecular flexibility index (Phi) is 6.10. The van der Waals surface area contributed by atoms with Crippen LogP contribution in [0.25, 0.3) is 0 Å². The van der Waals surface area contributed by atoms with Crippen molar-refractivity contribution in [2.24, 2.45) is 16.6 Å². The smallest absolute Gasteiger partial charge is 0.305 e. The number of hydrogen-bond donors (Lipinski definition) is 3. The zero-order valence-electron chi connectivity index (χ0n) is 13.3. The molecule has 0 radical (unpaired) electrons. The lowest BCUT2D eigenvalue weighted by Crippen LogP contribution is -2.40. The number of carboxylic acid groups (broad SMARTS) is 1. The Balaban J connectivity index is 2.33. The maximum Gasteiger partial charge on any atom is 0.305 e. The molecule has 1 rings (SSSR count). The van der Waals surface area contributed by atoms with E-state index in [4.69, 9.17) is 10.8 Å². The maximum atomic E-state index is 10.7. The molecular formula is C16H28N2O3. The lowest BCUT2D eigenvalue weighted by molar-refractivity contribution is -0.138. The van der Waals surface area contributed by atoms with Crippen molar-refractivity contribution in [2.45, 2.75) is 58.5 Å². The molecule has 0 aromatic rings. The van der Waals surface area contributed by atoms with Crippen LogP contribution in [-0.4, -0.2) is 36.0 Å². The van der Waals surface area contributed by atoms with Crippen molar-refractivity contribution in [3.05, 3.63) is 12.2 Å². The van der Waals surface area contributed by atoms with Crippen LogP contribution in [0.4, 0.5) is 0 Å². The van der Waals surface area contributed by atoms with Crippen molar-refractivity contribution in [3.8, 4) is 0 Å². The van der Waals surface area contributed by atoms with Crippen LogP contribution in [0.15, 0.2) is 12.2 Å². The highest BCUT2D eigenvalue weighted by Crippen LogP contribution is 2.60. The normalized spacial score (nSPS) is 20.2. The number of carbonyl (C=O) groups is 2. The van der Waals surface area contributed by atoms with Crippen molar-refractivity contribution in [1.29, 1.82) is 0 Å². The molecule has 0 aromatic carbocycles. The average Bonchev–Trinajstić information content (AvgIpc) is 3.14. The van der Waals surface area contributed by atoms with Crippen molar-refractivity contribution in [3.63, 3.8) is 0 Å². The number of aldehydes is 1. The summed E-state index contributed by atoms with van der Waals surface area (Å²) in [6, 6.07) is -0.886. The summed E-state index contributed by atoms with van der Waals surface area (Å²) in [5.74, 6) is -0.996. The second-order valence-electron chi connectivity index (χ2n) is 7.08. The lowest BCUT2D eigenvalue weighted by atomic mass is 9.75. The van der Waals surface area contributed by atoms with Crippen LogP contribution >= 0.6 is 0 Å². The van der Waals surface area contributed by atoms with E-state index in [9.17, 15) is 9.59 Å². The predicted molar refractivity (Wildman–Crippen MR) is 83.0 cm³/mol. The fraction of sp³-hybridized carbons (Fsp3) is 0.750. The number of hydrogen-bond acceptors (Lipinski definition) is 4. The van der Waals surface area contributed by atoms with Crippen LogP contribution < -0.4 is 11.1 Å². The SMILES string of the molecule is CC(C)(C)C1(CC=CC(N)CN[C@H](C=O)CC(=O)O)CC1. The van der Waals surface area contributed by atoms with E-state index in [0.29, 0.717) is 23.7 Å². The van der Waals surface area contributed by atoms with Gasteiger partial charge in [-0.3, -0.25) is 4.79 Å². The lowest BCUT2D eigenvalue weighted by Gasteiger charge is -2.30. The van der Waals surface area contributed by atoms with Gasteiger partial charge in [0.1, 0.15) is 6.29 Å². The monoisotopic (exact) mass is 296 g/mol. The van der Waals surface area contributed by atoms with E-state index in [2.05, 4.69) is 32.2 Å². The third-order valence-corrected chi connectivity index (χ3v) is 4.51. The van der Waals surface area contributed by atoms with Gasteiger partial charge in [-0.05, 0) is 30.1 Å². The van der Waals surface area contributed by atoms with E-state index in [0.717, 1.165) is 6.42 Å². The average molecular weight is 296 g/mol. The number of carboxylic acids is 1. The zero-order valence-corrected chi connectivity index (χ0v) is 13.3. The molecule has 5 nitrogen and oxygen atoms in total. The first-order chi connectivity index (χ1) is 9.70. The second kappa shape index (κ2) is 7.18. The number of nitrogens with one attached hydrogen (secondary N) is 1. The minimum atomic E-state index is -0.996. The molecule has 1 saturated carbocycles. The van der Waals surface area contributed by atoms with Crippen LogP contribution in [0.3, 0.4) is 0 Å². The molecule has 0 spiro atoms. The number of allylic oxidation sites excluding steroid dienone is 1. The second-order valence-corrected chi connectivity index (χ2v) is 7.08. The standard InChI is InChI=1S/C16H28N2O3/c1-15(2,3)16(7-8-16)6-4-5-12(17)10-18-13(11-19)9-14(20)21/h4-5,11-13,18H,6-10,17H2,1-3H3,(H,20,21)/t12?,13-/m0/s1. The summed E-state index contributed by atoms with van der Waals surface area (Å²) in [7, 11) is 0. The van der Waals surface area contributed by atoms with Crippen molar-refractivity contribution < 1.29 is 14.7 Å². The molecule has 0 heterocycles. The van der Waals surface area contributed by atoms with Crippen molar-refractivity contribution in [2.75, 3.05) is 6.54 Å². The highest BCUT2D eigenvalue weighted by molar-refractivity contribution is 5.73. The summed E-state index contributed by atoms with van der Waals surface area (Å²) in [6.45, 7) is 7.22. The topological polar surface area (TPSA) is 92.4 Å². The summed E-state index contributed by atoms with van der Waals surface area (Å²) < 4.78 is 0. The third-order valence-electron chi connectivity index (χ3n) is 4.51. The van der Waals surface area contributed by atoms with E-state index in [-0.39, 0.29) is 12.5 Å². The molecule has 5 heteroatoms. The summed E-state index contributed by atoms with van der Waals surface area (Å²) in [4.78, 5) is 21.3.